The molecule has 0 aromatic rings. The summed E-state index contributed by atoms with van der Waals surface area (Å²) in [4.78, 5) is 11.7. The second-order valence-corrected chi connectivity index (χ2v) is 4.61. The highest BCUT2D eigenvalue weighted by Gasteiger charge is 2.26. The van der Waals surface area contributed by atoms with Crippen molar-refractivity contribution in [3.05, 3.63) is 0 Å². The molecule has 0 aromatic carbocycles. The quantitative estimate of drug-likeness (QED) is 0.718. The van der Waals surface area contributed by atoms with Gasteiger partial charge in [-0.1, -0.05) is 0 Å². The van der Waals surface area contributed by atoms with Gasteiger partial charge in [0, 0.05) is 18.7 Å². The first kappa shape index (κ1) is 10.9. The van der Waals surface area contributed by atoms with Gasteiger partial charge in [0.2, 0.25) is 5.91 Å². The van der Waals surface area contributed by atoms with Crippen LogP contribution < -0.4 is 11.1 Å². The normalized spacial score (nSPS) is 35.7. The summed E-state index contributed by atoms with van der Waals surface area (Å²) in [5, 5.41) is 3.01. The van der Waals surface area contributed by atoms with E-state index in [0.717, 1.165) is 38.7 Å². The van der Waals surface area contributed by atoms with E-state index in [-0.39, 0.29) is 24.1 Å². The number of nitrogens with one attached hydrogen (secondary N) is 1. The van der Waals surface area contributed by atoms with Crippen LogP contribution in [0.5, 0.6) is 0 Å². The molecule has 1 heterocycles. The summed E-state index contributed by atoms with van der Waals surface area (Å²) in [6, 6.07) is 0.345. The standard InChI is InChI=1S/C11H20N2O2/c12-9-4-1-5-10(9)13-11(14)7-8-3-2-6-15-8/h8-10H,1-7,12H2,(H,13,14). The average Bonchev–Trinajstić information content (AvgIpc) is 2.79. The molecule has 2 fully saturated rings. The second-order valence-electron chi connectivity index (χ2n) is 4.61. The molecule has 3 atom stereocenters. The summed E-state index contributed by atoms with van der Waals surface area (Å²) in [5.74, 6) is 0.101. The fraction of sp³-hybridized carbons (Fsp3) is 0.909. The van der Waals surface area contributed by atoms with Crippen molar-refractivity contribution in [3.8, 4) is 0 Å². The zero-order valence-corrected chi connectivity index (χ0v) is 9.08. The van der Waals surface area contributed by atoms with Crippen LogP contribution in [-0.2, 0) is 9.53 Å². The van der Waals surface area contributed by atoms with Crippen molar-refractivity contribution in [1.29, 1.82) is 0 Å². The number of carbonyl (C=O) groups is 1. The number of amides is 1. The van der Waals surface area contributed by atoms with Gasteiger partial charge in [0.25, 0.3) is 0 Å². The van der Waals surface area contributed by atoms with Gasteiger partial charge in [-0.05, 0) is 32.1 Å². The lowest BCUT2D eigenvalue weighted by molar-refractivity contribution is -0.124. The predicted octanol–water partition coefficient (Wildman–Crippen LogP) is 0.551. The Bertz CT molecular complexity index is 227. The van der Waals surface area contributed by atoms with Crippen molar-refractivity contribution in [3.63, 3.8) is 0 Å². The van der Waals surface area contributed by atoms with Gasteiger partial charge in [-0.2, -0.15) is 0 Å². The van der Waals surface area contributed by atoms with E-state index in [4.69, 9.17) is 10.5 Å². The van der Waals surface area contributed by atoms with Gasteiger partial charge in [0.15, 0.2) is 0 Å². The van der Waals surface area contributed by atoms with Crippen LogP contribution in [0.1, 0.15) is 38.5 Å². The third-order valence-electron chi connectivity index (χ3n) is 3.35. The molecule has 86 valence electrons. The van der Waals surface area contributed by atoms with Crippen molar-refractivity contribution in [2.45, 2.75) is 56.7 Å². The molecule has 15 heavy (non-hydrogen) atoms. The van der Waals surface area contributed by atoms with Gasteiger partial charge in [-0.25, -0.2) is 0 Å². The molecule has 2 aliphatic rings. The summed E-state index contributed by atoms with van der Waals surface area (Å²) >= 11 is 0. The van der Waals surface area contributed by atoms with Gasteiger partial charge in [-0.3, -0.25) is 4.79 Å². The Morgan fingerprint density at radius 2 is 2.20 bits per heavy atom. The molecule has 2 rings (SSSR count). The van der Waals surface area contributed by atoms with E-state index in [1.807, 2.05) is 0 Å². The van der Waals surface area contributed by atoms with Gasteiger partial charge in [-0.15, -0.1) is 0 Å². The van der Waals surface area contributed by atoms with E-state index in [1.54, 1.807) is 0 Å². The van der Waals surface area contributed by atoms with Crippen molar-refractivity contribution >= 4 is 5.91 Å². The minimum Gasteiger partial charge on any atom is -0.378 e. The van der Waals surface area contributed by atoms with Crippen LogP contribution in [0.3, 0.4) is 0 Å². The molecule has 4 nitrogen and oxygen atoms in total. The Labute approximate surface area is 90.5 Å². The molecule has 4 heteroatoms. The molecule has 1 amide bonds. The summed E-state index contributed by atoms with van der Waals surface area (Å²) in [5.41, 5.74) is 5.89. The Morgan fingerprint density at radius 1 is 1.33 bits per heavy atom. The molecular formula is C11H20N2O2. The molecule has 1 saturated carbocycles. The zero-order chi connectivity index (χ0) is 10.7. The van der Waals surface area contributed by atoms with E-state index in [0.29, 0.717) is 6.42 Å². The molecule has 0 bridgehead atoms. The summed E-state index contributed by atoms with van der Waals surface area (Å²) in [6.45, 7) is 0.806. The highest BCUT2D eigenvalue weighted by molar-refractivity contribution is 5.76. The highest BCUT2D eigenvalue weighted by Crippen LogP contribution is 2.18. The molecule has 0 aromatic heterocycles. The first-order valence-electron chi connectivity index (χ1n) is 5.92. The average molecular weight is 212 g/mol. The Kier molecular flexibility index (Phi) is 3.59. The van der Waals surface area contributed by atoms with Crippen molar-refractivity contribution in [1.82, 2.24) is 5.32 Å². The third kappa shape index (κ3) is 2.92. The minimum absolute atomic E-state index is 0.101. The fourth-order valence-corrected chi connectivity index (χ4v) is 2.45. The molecule has 1 aliphatic heterocycles. The fourth-order valence-electron chi connectivity index (χ4n) is 2.45. The van der Waals surface area contributed by atoms with Gasteiger partial charge in [0.05, 0.1) is 12.5 Å². The monoisotopic (exact) mass is 212 g/mol. The number of hydrogen-bond donors (Lipinski definition) is 2. The SMILES string of the molecule is NC1CCCC1NC(=O)CC1CCCO1. The van der Waals surface area contributed by atoms with Crippen molar-refractivity contribution in [2.24, 2.45) is 5.73 Å². The summed E-state index contributed by atoms with van der Waals surface area (Å²) in [7, 11) is 0. The van der Waals surface area contributed by atoms with Crippen LogP contribution in [0.25, 0.3) is 0 Å². The largest absolute Gasteiger partial charge is 0.378 e. The van der Waals surface area contributed by atoms with E-state index < -0.39 is 0 Å². The van der Waals surface area contributed by atoms with E-state index in [2.05, 4.69) is 5.32 Å². The molecule has 1 aliphatic carbocycles. The van der Waals surface area contributed by atoms with E-state index in [1.165, 1.54) is 0 Å². The maximum absolute atomic E-state index is 11.7. The number of nitrogens with two attached hydrogens (primary N) is 1. The number of carbonyl (C=O) groups excluding carboxylic acids is 1. The topological polar surface area (TPSA) is 64.3 Å². The maximum atomic E-state index is 11.7. The third-order valence-corrected chi connectivity index (χ3v) is 3.35. The minimum atomic E-state index is 0.101. The van der Waals surface area contributed by atoms with Crippen LogP contribution in [0.15, 0.2) is 0 Å². The van der Waals surface area contributed by atoms with Gasteiger partial charge >= 0.3 is 0 Å². The van der Waals surface area contributed by atoms with Crippen LogP contribution in [-0.4, -0.2) is 30.7 Å². The zero-order valence-electron chi connectivity index (χ0n) is 9.08. The van der Waals surface area contributed by atoms with E-state index in [9.17, 15) is 4.79 Å². The molecular weight excluding hydrogens is 192 g/mol. The first-order chi connectivity index (χ1) is 7.25. The first-order valence-corrected chi connectivity index (χ1v) is 5.92. The molecule has 3 N–H and O–H groups in total. The van der Waals surface area contributed by atoms with Crippen molar-refractivity contribution in [2.75, 3.05) is 6.61 Å². The second kappa shape index (κ2) is 4.94. The summed E-state index contributed by atoms with van der Waals surface area (Å²) in [6.07, 6.45) is 5.94. The smallest absolute Gasteiger partial charge is 0.222 e. The lowest BCUT2D eigenvalue weighted by atomic mass is 10.1. The van der Waals surface area contributed by atoms with Crippen LogP contribution >= 0.6 is 0 Å². The van der Waals surface area contributed by atoms with Crippen molar-refractivity contribution < 1.29 is 9.53 Å². The number of hydrogen-bond acceptors (Lipinski definition) is 3. The molecule has 3 unspecified atom stereocenters. The molecule has 0 spiro atoms. The van der Waals surface area contributed by atoms with Crippen LogP contribution in [0.4, 0.5) is 0 Å². The van der Waals surface area contributed by atoms with Crippen LogP contribution in [0, 0.1) is 0 Å². The highest BCUT2D eigenvalue weighted by atomic mass is 16.5. The van der Waals surface area contributed by atoms with Gasteiger partial charge in [0.1, 0.15) is 0 Å². The molecule has 1 saturated heterocycles. The predicted molar refractivity (Wildman–Crippen MR) is 57.3 cm³/mol. The van der Waals surface area contributed by atoms with Gasteiger partial charge < -0.3 is 15.8 Å². The lowest BCUT2D eigenvalue weighted by Crippen LogP contribution is -2.44. The Hall–Kier alpha value is -0.610. The van der Waals surface area contributed by atoms with E-state index >= 15 is 0 Å². The maximum Gasteiger partial charge on any atom is 0.222 e. The Balaban J connectivity index is 1.71. The molecule has 0 radical (unpaired) electrons. The Morgan fingerprint density at radius 3 is 2.80 bits per heavy atom. The lowest BCUT2D eigenvalue weighted by Gasteiger charge is -2.18. The summed E-state index contributed by atoms with van der Waals surface area (Å²) < 4.78 is 5.42. The number of rotatable bonds is 3. The van der Waals surface area contributed by atoms with Crippen LogP contribution in [0.2, 0.25) is 0 Å². The number of ether oxygens (including phenoxy) is 1.